The van der Waals surface area contributed by atoms with Crippen molar-refractivity contribution < 1.29 is 18.7 Å². The number of halogens is 1. The topological polar surface area (TPSA) is 104 Å². The molecule has 1 aromatic rings. The second-order valence-electron chi connectivity index (χ2n) is 4.78. The lowest BCUT2D eigenvalue weighted by molar-refractivity contribution is -0.116. The van der Waals surface area contributed by atoms with Crippen molar-refractivity contribution in [2.75, 3.05) is 5.73 Å². The van der Waals surface area contributed by atoms with Crippen molar-refractivity contribution in [2.45, 2.75) is 31.3 Å². The number of alkyl halides is 1. The van der Waals surface area contributed by atoms with E-state index in [2.05, 4.69) is 4.98 Å². The minimum absolute atomic E-state index is 0.00110. The number of hydrogen-bond donors (Lipinski definition) is 1. The maximum Gasteiger partial charge on any atom is 0.351 e. The van der Waals surface area contributed by atoms with E-state index in [1.54, 1.807) is 0 Å². The Morgan fingerprint density at radius 1 is 1.60 bits per heavy atom. The Bertz CT molecular complexity index is 586. The largest absolute Gasteiger partial charge is 0.383 e. The molecule has 0 aromatic carbocycles. The number of nitrogens with two attached hydrogens (primary N) is 1. The maximum absolute atomic E-state index is 14.8. The lowest BCUT2D eigenvalue weighted by Gasteiger charge is -2.24. The first-order valence-electron chi connectivity index (χ1n) is 5.99. The fraction of sp³-hybridized carbons (Fsp3) is 0.500. The van der Waals surface area contributed by atoms with Gasteiger partial charge >= 0.3 is 5.69 Å². The van der Waals surface area contributed by atoms with Crippen LogP contribution in [0, 0.1) is 5.92 Å². The number of nitrogens with zero attached hydrogens (tertiary/aromatic N) is 2. The van der Waals surface area contributed by atoms with E-state index in [-0.39, 0.29) is 12.2 Å². The quantitative estimate of drug-likeness (QED) is 0.771. The van der Waals surface area contributed by atoms with Gasteiger partial charge in [0.25, 0.3) is 0 Å². The van der Waals surface area contributed by atoms with Crippen molar-refractivity contribution in [3.8, 4) is 0 Å². The number of anilines is 1. The van der Waals surface area contributed by atoms with Crippen LogP contribution in [0.4, 0.5) is 10.2 Å². The maximum atomic E-state index is 14.8. The third-order valence-corrected chi connectivity index (χ3v) is 3.42. The van der Waals surface area contributed by atoms with E-state index in [0.717, 1.165) is 11.5 Å². The van der Waals surface area contributed by atoms with Gasteiger partial charge < -0.3 is 20.1 Å². The van der Waals surface area contributed by atoms with Crippen molar-refractivity contribution in [1.82, 2.24) is 9.55 Å². The molecule has 2 N–H and O–H groups in total. The Morgan fingerprint density at radius 2 is 2.30 bits per heavy atom. The van der Waals surface area contributed by atoms with Gasteiger partial charge in [-0.1, -0.05) is 0 Å². The molecule has 1 fully saturated rings. The summed E-state index contributed by atoms with van der Waals surface area (Å²) in [5, 5.41) is 0. The lowest BCUT2D eigenvalue weighted by Crippen LogP contribution is -2.40. The predicted molar refractivity (Wildman–Crippen MR) is 66.6 cm³/mol. The molecule has 0 spiro atoms. The van der Waals surface area contributed by atoms with Gasteiger partial charge in [-0.05, 0) is 13.0 Å². The molecular formula is C12H14FN3O4. The fourth-order valence-electron chi connectivity index (χ4n) is 2.37. The number of carbonyl (C=O) groups is 2. The number of ether oxygens (including phenoxy) is 1. The Morgan fingerprint density at radius 3 is 2.85 bits per heavy atom. The molecule has 8 heteroatoms. The van der Waals surface area contributed by atoms with Crippen LogP contribution in [0.5, 0.6) is 0 Å². The number of hydrogen-bond acceptors (Lipinski definition) is 6. The third kappa shape index (κ3) is 2.22. The zero-order valence-electron chi connectivity index (χ0n) is 10.7. The van der Waals surface area contributed by atoms with Crippen LogP contribution in [-0.4, -0.2) is 33.9 Å². The molecule has 108 valence electrons. The van der Waals surface area contributed by atoms with Crippen molar-refractivity contribution >= 4 is 18.4 Å². The summed E-state index contributed by atoms with van der Waals surface area (Å²) < 4.78 is 21.1. The molecule has 1 aliphatic heterocycles. The van der Waals surface area contributed by atoms with Gasteiger partial charge in [0.1, 0.15) is 18.4 Å². The minimum Gasteiger partial charge on any atom is -0.383 e. The zero-order valence-corrected chi connectivity index (χ0v) is 10.7. The van der Waals surface area contributed by atoms with Gasteiger partial charge in [0.15, 0.2) is 11.9 Å². The number of nitrogen functional groups attached to an aromatic ring is 1. The third-order valence-electron chi connectivity index (χ3n) is 3.42. The number of rotatable bonds is 4. The summed E-state index contributed by atoms with van der Waals surface area (Å²) in [5.41, 5.74) is 2.45. The van der Waals surface area contributed by atoms with Crippen molar-refractivity contribution in [3.05, 3.63) is 22.7 Å². The van der Waals surface area contributed by atoms with Gasteiger partial charge in [-0.3, -0.25) is 4.57 Å². The highest BCUT2D eigenvalue weighted by atomic mass is 19.1. The summed E-state index contributed by atoms with van der Waals surface area (Å²) in [7, 11) is 0. The van der Waals surface area contributed by atoms with Gasteiger partial charge in [0, 0.05) is 12.6 Å². The molecule has 0 bridgehead atoms. The Balaban J connectivity index is 2.43. The van der Waals surface area contributed by atoms with E-state index in [0.29, 0.717) is 12.6 Å². The summed E-state index contributed by atoms with van der Waals surface area (Å²) in [6, 6.07) is 1.32. The molecule has 0 amide bonds. The summed E-state index contributed by atoms with van der Waals surface area (Å²) in [5.74, 6) is -1.14. The van der Waals surface area contributed by atoms with Crippen molar-refractivity contribution in [3.63, 3.8) is 0 Å². The van der Waals surface area contributed by atoms with Crippen LogP contribution in [0.2, 0.25) is 0 Å². The summed E-state index contributed by atoms with van der Waals surface area (Å²) in [6.07, 6.45) is -0.166. The van der Waals surface area contributed by atoms with E-state index in [9.17, 15) is 18.8 Å². The molecule has 20 heavy (non-hydrogen) atoms. The average molecular weight is 283 g/mol. The summed E-state index contributed by atoms with van der Waals surface area (Å²) in [6.45, 7) is 1.16. The fourth-order valence-corrected chi connectivity index (χ4v) is 2.37. The molecule has 0 aliphatic carbocycles. The van der Waals surface area contributed by atoms with E-state index in [1.165, 1.54) is 12.3 Å². The van der Waals surface area contributed by atoms with Crippen LogP contribution in [-0.2, 0) is 14.3 Å². The van der Waals surface area contributed by atoms with Gasteiger partial charge in [-0.25, -0.2) is 9.18 Å². The molecule has 0 radical (unpaired) electrons. The Labute approximate surface area is 113 Å². The van der Waals surface area contributed by atoms with Crippen LogP contribution in [0.1, 0.15) is 19.6 Å². The molecule has 0 saturated carbocycles. The summed E-state index contributed by atoms with van der Waals surface area (Å²) in [4.78, 5) is 36.9. The Hall–Kier alpha value is -2.09. The molecular weight excluding hydrogens is 269 g/mol. The van der Waals surface area contributed by atoms with Crippen molar-refractivity contribution in [1.29, 1.82) is 0 Å². The van der Waals surface area contributed by atoms with E-state index in [1.807, 2.05) is 0 Å². The van der Waals surface area contributed by atoms with Gasteiger partial charge in [0.05, 0.1) is 12.0 Å². The smallest absolute Gasteiger partial charge is 0.351 e. The Kier molecular flexibility index (Phi) is 3.67. The minimum atomic E-state index is -2.13. The first-order valence-corrected chi connectivity index (χ1v) is 5.99. The molecule has 2 rings (SSSR count). The van der Waals surface area contributed by atoms with Crippen molar-refractivity contribution in [2.24, 2.45) is 5.92 Å². The highest BCUT2D eigenvalue weighted by Crippen LogP contribution is 2.44. The zero-order chi connectivity index (χ0) is 14.9. The van der Waals surface area contributed by atoms with Gasteiger partial charge in [0.2, 0.25) is 0 Å². The molecule has 1 aromatic heterocycles. The van der Waals surface area contributed by atoms with Crippen LogP contribution in [0.25, 0.3) is 0 Å². The normalized spacial score (nSPS) is 33.0. The van der Waals surface area contributed by atoms with Gasteiger partial charge in [-0.2, -0.15) is 4.98 Å². The highest BCUT2D eigenvalue weighted by molar-refractivity contribution is 5.60. The highest BCUT2D eigenvalue weighted by Gasteiger charge is 2.55. The standard InChI is InChI=1S/C12H14FN3O4/c1-12(13)7(6-18)8(3-5-17)20-10(12)16-4-2-9(14)15-11(16)19/h2,4-8,10H,3H2,1H3,(H2,14,15,19)/t7-,8-,10-,12-/m1/s1. The average Bonchev–Trinajstić information content (AvgIpc) is 2.61. The predicted octanol–water partition coefficient (Wildman–Crippen LogP) is -0.145. The molecule has 1 saturated heterocycles. The number of aromatic nitrogens is 2. The molecule has 7 nitrogen and oxygen atoms in total. The SMILES string of the molecule is C[C@@]1(F)[C@H](C=O)[C@@H](CC=O)O[C@H]1n1ccc(N)nc1=O. The van der Waals surface area contributed by atoms with Crippen LogP contribution in [0.15, 0.2) is 17.1 Å². The molecule has 4 atom stereocenters. The van der Waals surface area contributed by atoms with Gasteiger partial charge in [-0.15, -0.1) is 0 Å². The number of carbonyl (C=O) groups excluding carboxylic acids is 2. The van der Waals surface area contributed by atoms with Crippen LogP contribution < -0.4 is 11.4 Å². The summed E-state index contributed by atoms with van der Waals surface area (Å²) >= 11 is 0. The molecule has 0 unspecified atom stereocenters. The molecule has 1 aliphatic rings. The van der Waals surface area contributed by atoms with E-state index in [4.69, 9.17) is 10.5 Å². The lowest BCUT2D eigenvalue weighted by atomic mass is 9.88. The second-order valence-corrected chi connectivity index (χ2v) is 4.78. The first kappa shape index (κ1) is 14.3. The van der Waals surface area contributed by atoms with E-state index >= 15 is 0 Å². The second kappa shape index (κ2) is 5.12. The van der Waals surface area contributed by atoms with E-state index < -0.39 is 29.6 Å². The number of aldehydes is 2. The monoisotopic (exact) mass is 283 g/mol. The van der Waals surface area contributed by atoms with Crippen LogP contribution >= 0.6 is 0 Å². The van der Waals surface area contributed by atoms with Crippen LogP contribution in [0.3, 0.4) is 0 Å². The first-order chi connectivity index (χ1) is 9.41. The molecule has 2 heterocycles.